The molecule has 9 nitrogen and oxygen atoms in total. The Balaban J connectivity index is 1.28. The van der Waals surface area contributed by atoms with Crippen LogP contribution in [0.5, 0.6) is 0 Å². The normalized spacial score (nSPS) is 14.6. The fourth-order valence-electron chi connectivity index (χ4n) is 2.92. The molecule has 0 radical (unpaired) electrons. The molecular formula is C16H19N7O2S2. The van der Waals surface area contributed by atoms with Gasteiger partial charge < -0.3 is 4.90 Å². The molecule has 142 valence electrons. The molecule has 0 unspecified atom stereocenters. The number of nitrogens with zero attached hydrogens (tertiary/aromatic N) is 5. The third kappa shape index (κ3) is 4.30. The summed E-state index contributed by atoms with van der Waals surface area (Å²) in [6.45, 7) is 1.89. The number of aromatic nitrogens is 5. The van der Waals surface area contributed by atoms with Crippen LogP contribution in [0.4, 0.5) is 11.9 Å². The number of aromatic amines is 1. The summed E-state index contributed by atoms with van der Waals surface area (Å²) in [5.74, 6) is 1.55. The smallest absolute Gasteiger partial charge is 0.258 e. The average molecular weight is 406 g/mol. The van der Waals surface area contributed by atoms with Crippen molar-refractivity contribution in [2.45, 2.75) is 25.0 Å². The van der Waals surface area contributed by atoms with Gasteiger partial charge in [0.15, 0.2) is 4.96 Å². The Morgan fingerprint density at radius 1 is 1.30 bits per heavy atom. The van der Waals surface area contributed by atoms with Crippen molar-refractivity contribution in [3.8, 4) is 0 Å². The molecule has 1 saturated heterocycles. The van der Waals surface area contributed by atoms with Crippen LogP contribution in [0.3, 0.4) is 0 Å². The summed E-state index contributed by atoms with van der Waals surface area (Å²) in [4.78, 5) is 35.6. The zero-order chi connectivity index (χ0) is 18.6. The molecule has 3 aromatic rings. The number of amides is 1. The molecule has 1 aliphatic heterocycles. The van der Waals surface area contributed by atoms with Crippen molar-refractivity contribution < 1.29 is 4.79 Å². The quantitative estimate of drug-likeness (QED) is 0.643. The number of rotatable bonds is 6. The van der Waals surface area contributed by atoms with Crippen LogP contribution in [-0.2, 0) is 10.5 Å². The molecule has 11 heteroatoms. The van der Waals surface area contributed by atoms with Crippen LogP contribution in [0.1, 0.15) is 25.0 Å². The highest BCUT2D eigenvalue weighted by Gasteiger charge is 2.16. The molecule has 1 fully saturated rings. The van der Waals surface area contributed by atoms with Crippen molar-refractivity contribution in [1.29, 1.82) is 0 Å². The molecule has 0 spiro atoms. The van der Waals surface area contributed by atoms with E-state index in [1.165, 1.54) is 40.0 Å². The van der Waals surface area contributed by atoms with Crippen LogP contribution in [0.15, 0.2) is 22.4 Å². The number of hydrogen-bond acceptors (Lipinski definition) is 8. The molecule has 0 aliphatic carbocycles. The summed E-state index contributed by atoms with van der Waals surface area (Å²) in [7, 11) is 0. The number of nitrogens with one attached hydrogen (secondary N) is 2. The number of piperidine rings is 1. The molecule has 0 aromatic carbocycles. The molecule has 0 bridgehead atoms. The van der Waals surface area contributed by atoms with Crippen LogP contribution in [0, 0.1) is 0 Å². The summed E-state index contributed by atoms with van der Waals surface area (Å²) in [5.41, 5.74) is 0.570. The Morgan fingerprint density at radius 3 is 3.00 bits per heavy atom. The number of carbonyl (C=O) groups excluding carboxylic acids is 1. The summed E-state index contributed by atoms with van der Waals surface area (Å²) < 4.78 is 1.51. The molecule has 2 N–H and O–H groups in total. The Bertz CT molecular complexity index is 990. The van der Waals surface area contributed by atoms with Gasteiger partial charge in [-0.1, -0.05) is 0 Å². The van der Waals surface area contributed by atoms with Gasteiger partial charge in [0.05, 0.1) is 11.4 Å². The van der Waals surface area contributed by atoms with Crippen molar-refractivity contribution >= 4 is 45.9 Å². The Labute approximate surface area is 163 Å². The van der Waals surface area contributed by atoms with Crippen molar-refractivity contribution in [2.24, 2.45) is 0 Å². The van der Waals surface area contributed by atoms with E-state index in [2.05, 4.69) is 30.4 Å². The lowest BCUT2D eigenvalue weighted by atomic mass is 10.1. The lowest BCUT2D eigenvalue weighted by Crippen LogP contribution is -2.30. The average Bonchev–Trinajstić information content (AvgIpc) is 3.32. The van der Waals surface area contributed by atoms with Crippen LogP contribution in [0.25, 0.3) is 4.96 Å². The molecule has 4 heterocycles. The number of fused-ring (bicyclic) bond motifs is 1. The SMILES string of the molecule is O=C(CSCc1cc(=O)n2ccsc2n1)Nc1nc(N2CCCCC2)n[nH]1. The first-order chi connectivity index (χ1) is 13.2. The molecule has 4 rings (SSSR count). The maximum Gasteiger partial charge on any atom is 0.258 e. The molecular weight excluding hydrogens is 386 g/mol. The van der Waals surface area contributed by atoms with Gasteiger partial charge in [-0.25, -0.2) is 10.1 Å². The van der Waals surface area contributed by atoms with E-state index in [0.29, 0.717) is 28.3 Å². The van der Waals surface area contributed by atoms with Crippen LogP contribution >= 0.6 is 23.1 Å². The van der Waals surface area contributed by atoms with Crippen molar-refractivity contribution in [1.82, 2.24) is 24.6 Å². The third-order valence-electron chi connectivity index (χ3n) is 4.21. The van der Waals surface area contributed by atoms with Crippen LogP contribution < -0.4 is 15.8 Å². The minimum absolute atomic E-state index is 0.104. The third-order valence-corrected chi connectivity index (χ3v) is 5.93. The van der Waals surface area contributed by atoms with Crippen molar-refractivity contribution in [3.05, 3.63) is 33.7 Å². The van der Waals surface area contributed by atoms with Crippen molar-refractivity contribution in [3.63, 3.8) is 0 Å². The van der Waals surface area contributed by atoms with Gasteiger partial charge in [0.25, 0.3) is 5.56 Å². The molecule has 1 amide bonds. The lowest BCUT2D eigenvalue weighted by molar-refractivity contribution is -0.113. The number of H-pyrrole nitrogens is 1. The minimum atomic E-state index is -0.171. The van der Waals surface area contributed by atoms with Gasteiger partial charge in [-0.2, -0.15) is 4.98 Å². The van der Waals surface area contributed by atoms with Gasteiger partial charge in [-0.3, -0.25) is 19.3 Å². The van der Waals surface area contributed by atoms with E-state index in [-0.39, 0.29) is 17.2 Å². The number of thioether (sulfide) groups is 1. The van der Waals surface area contributed by atoms with Crippen molar-refractivity contribution in [2.75, 3.05) is 29.1 Å². The largest absolute Gasteiger partial charge is 0.340 e. The predicted octanol–water partition coefficient (Wildman–Crippen LogP) is 1.74. The lowest BCUT2D eigenvalue weighted by Gasteiger charge is -2.24. The number of thiazole rings is 1. The van der Waals surface area contributed by atoms with Crippen LogP contribution in [0.2, 0.25) is 0 Å². The molecule has 27 heavy (non-hydrogen) atoms. The maximum atomic E-state index is 12.1. The molecule has 3 aromatic heterocycles. The number of hydrogen-bond donors (Lipinski definition) is 2. The van der Waals surface area contributed by atoms with Gasteiger partial charge in [-0.05, 0) is 19.3 Å². The van der Waals surface area contributed by atoms with Gasteiger partial charge in [0.1, 0.15) is 0 Å². The van der Waals surface area contributed by atoms with E-state index < -0.39 is 0 Å². The number of carbonyl (C=O) groups is 1. The van der Waals surface area contributed by atoms with E-state index in [0.717, 1.165) is 25.9 Å². The maximum absolute atomic E-state index is 12.1. The van der Waals surface area contributed by atoms with E-state index >= 15 is 0 Å². The minimum Gasteiger partial charge on any atom is -0.340 e. The van der Waals surface area contributed by atoms with E-state index in [1.807, 2.05) is 5.38 Å². The summed E-state index contributed by atoms with van der Waals surface area (Å²) >= 11 is 2.81. The van der Waals surface area contributed by atoms with E-state index in [4.69, 9.17) is 0 Å². The Morgan fingerprint density at radius 2 is 2.15 bits per heavy atom. The van der Waals surface area contributed by atoms with Gasteiger partial charge in [0, 0.05) is 36.5 Å². The monoisotopic (exact) mass is 405 g/mol. The number of anilines is 2. The Hall–Kier alpha value is -2.40. The first kappa shape index (κ1) is 18.0. The van der Waals surface area contributed by atoms with E-state index in [1.54, 1.807) is 6.20 Å². The van der Waals surface area contributed by atoms with Gasteiger partial charge in [-0.15, -0.1) is 28.2 Å². The first-order valence-electron chi connectivity index (χ1n) is 8.70. The van der Waals surface area contributed by atoms with Gasteiger partial charge in [0.2, 0.25) is 17.8 Å². The fraction of sp³-hybridized carbons (Fsp3) is 0.438. The fourth-order valence-corrected chi connectivity index (χ4v) is 4.38. The van der Waals surface area contributed by atoms with E-state index in [9.17, 15) is 9.59 Å². The van der Waals surface area contributed by atoms with Crippen LogP contribution in [-0.4, -0.2) is 49.3 Å². The van der Waals surface area contributed by atoms with Gasteiger partial charge >= 0.3 is 0 Å². The standard InChI is InChI=1S/C16H19N7O2S2/c24-12(18-14-19-15(21-20-14)22-4-2-1-3-5-22)10-26-9-11-8-13(25)23-6-7-27-16(23)17-11/h6-8H,1-5,9-10H2,(H2,18,19,20,21,24). The summed E-state index contributed by atoms with van der Waals surface area (Å²) in [6, 6.07) is 1.51. The highest BCUT2D eigenvalue weighted by atomic mass is 32.2. The molecule has 0 atom stereocenters. The highest BCUT2D eigenvalue weighted by Crippen LogP contribution is 2.17. The second-order valence-electron chi connectivity index (χ2n) is 6.21. The second kappa shape index (κ2) is 8.09. The Kier molecular flexibility index (Phi) is 5.39. The predicted molar refractivity (Wildman–Crippen MR) is 107 cm³/mol. The summed E-state index contributed by atoms with van der Waals surface area (Å²) in [6.07, 6.45) is 5.22. The zero-order valence-corrected chi connectivity index (χ0v) is 16.2. The first-order valence-corrected chi connectivity index (χ1v) is 10.7. The molecule has 0 saturated carbocycles. The second-order valence-corrected chi connectivity index (χ2v) is 8.07. The highest BCUT2D eigenvalue weighted by molar-refractivity contribution is 7.99. The summed E-state index contributed by atoms with van der Waals surface area (Å²) in [5, 5.41) is 11.5. The molecule has 1 aliphatic rings. The topological polar surface area (TPSA) is 108 Å². The zero-order valence-electron chi connectivity index (χ0n) is 14.6.